The fourth-order valence-corrected chi connectivity index (χ4v) is 6.15. The minimum Gasteiger partial charge on any atom is -0.493 e. The van der Waals surface area contributed by atoms with Gasteiger partial charge in [0.2, 0.25) is 13.1 Å². The minimum absolute atomic E-state index is 0.0737. The number of halogens is 1. The van der Waals surface area contributed by atoms with Gasteiger partial charge in [0.1, 0.15) is 18.5 Å². The molecule has 3 heterocycles. The molecule has 244 valence electrons. The van der Waals surface area contributed by atoms with Crippen molar-refractivity contribution in [2.24, 2.45) is 0 Å². The summed E-state index contributed by atoms with van der Waals surface area (Å²) < 4.78 is 45.7. The van der Waals surface area contributed by atoms with Gasteiger partial charge in [-0.25, -0.2) is 9.59 Å². The highest BCUT2D eigenvalue weighted by molar-refractivity contribution is 6.30. The third kappa shape index (κ3) is 5.32. The lowest BCUT2D eigenvalue weighted by Gasteiger charge is -2.41. The molecule has 3 aliphatic heterocycles. The SMILES string of the molecule is COc1cc2c(OC3O[C@H](C)[C@@H](O)[C@H](OC(=O)c4ccc(Cl)cc4)[C@H]3O)c3c(c(-c4ccc5c(c4)OCO5)c2cc1OC)C(=O)OC3. The van der Waals surface area contributed by atoms with Gasteiger partial charge < -0.3 is 48.1 Å². The number of ether oxygens (including phenoxy) is 8. The van der Waals surface area contributed by atoms with Gasteiger partial charge in [0.05, 0.1) is 31.5 Å². The van der Waals surface area contributed by atoms with E-state index in [2.05, 4.69) is 0 Å². The van der Waals surface area contributed by atoms with E-state index >= 15 is 0 Å². The molecule has 3 aliphatic rings. The van der Waals surface area contributed by atoms with Crippen LogP contribution in [0.3, 0.4) is 0 Å². The number of rotatable bonds is 7. The summed E-state index contributed by atoms with van der Waals surface area (Å²) in [4.78, 5) is 26.3. The first-order valence-corrected chi connectivity index (χ1v) is 15.0. The van der Waals surface area contributed by atoms with Gasteiger partial charge in [-0.15, -0.1) is 0 Å². The van der Waals surface area contributed by atoms with Gasteiger partial charge in [0, 0.05) is 21.5 Å². The molecule has 0 aromatic heterocycles. The van der Waals surface area contributed by atoms with E-state index in [1.165, 1.54) is 38.5 Å². The first-order chi connectivity index (χ1) is 22.7. The number of cyclic esters (lactones) is 1. The van der Waals surface area contributed by atoms with Crippen LogP contribution in [0.5, 0.6) is 28.7 Å². The molecule has 1 unspecified atom stereocenters. The fraction of sp³-hybridized carbons (Fsp3) is 0.294. The second-order valence-electron chi connectivity index (χ2n) is 11.1. The summed E-state index contributed by atoms with van der Waals surface area (Å²) in [6.07, 6.45) is -6.82. The number of carbonyl (C=O) groups excluding carboxylic acids is 2. The molecule has 2 N–H and O–H groups in total. The van der Waals surface area contributed by atoms with Crippen LogP contribution in [-0.2, 0) is 20.8 Å². The lowest BCUT2D eigenvalue weighted by Crippen LogP contribution is -2.59. The predicted octanol–water partition coefficient (Wildman–Crippen LogP) is 4.65. The Balaban J connectivity index is 1.34. The van der Waals surface area contributed by atoms with Crippen molar-refractivity contribution in [2.45, 2.75) is 44.2 Å². The zero-order valence-corrected chi connectivity index (χ0v) is 26.1. The average Bonchev–Trinajstić information content (AvgIpc) is 3.71. The highest BCUT2D eigenvalue weighted by Crippen LogP contribution is 2.49. The van der Waals surface area contributed by atoms with Crippen LogP contribution in [0, 0.1) is 0 Å². The standard InChI is InChI=1S/C34H29ClO12/c1-15-28(36)31(46-32(38)16-4-7-18(35)8-5-16)29(37)34(45-15)47-30-20-12-24(41-3)23(40-2)11-19(20)26(27-21(30)13-42-33(27)39)17-6-9-22-25(10-17)44-14-43-22/h4-12,15,28-29,31,34,36-37H,13-14H2,1-3H3/t15-,28-,29-,31+,34?/m1/s1. The van der Waals surface area contributed by atoms with Crippen molar-refractivity contribution in [3.63, 3.8) is 0 Å². The molecule has 5 atom stereocenters. The zero-order valence-electron chi connectivity index (χ0n) is 25.4. The van der Waals surface area contributed by atoms with Crippen molar-refractivity contribution in [3.8, 4) is 39.9 Å². The van der Waals surface area contributed by atoms with E-state index in [-0.39, 0.29) is 30.3 Å². The number of benzene rings is 4. The first-order valence-electron chi connectivity index (χ1n) is 14.6. The topological polar surface area (TPSA) is 148 Å². The van der Waals surface area contributed by atoms with Crippen LogP contribution >= 0.6 is 11.6 Å². The van der Waals surface area contributed by atoms with Gasteiger partial charge in [0.25, 0.3) is 0 Å². The van der Waals surface area contributed by atoms with E-state index < -0.39 is 42.6 Å². The first kappa shape index (κ1) is 30.9. The number of fused-ring (bicyclic) bond motifs is 3. The lowest BCUT2D eigenvalue weighted by molar-refractivity contribution is -0.267. The number of aliphatic hydroxyl groups is 2. The van der Waals surface area contributed by atoms with E-state index in [4.69, 9.17) is 49.5 Å². The highest BCUT2D eigenvalue weighted by Gasteiger charge is 2.47. The highest BCUT2D eigenvalue weighted by atomic mass is 35.5. The summed E-state index contributed by atoms with van der Waals surface area (Å²) in [5, 5.41) is 23.8. The quantitative estimate of drug-likeness (QED) is 0.265. The van der Waals surface area contributed by atoms with Crippen LogP contribution in [0.25, 0.3) is 21.9 Å². The van der Waals surface area contributed by atoms with Crippen molar-refractivity contribution < 1.29 is 57.7 Å². The normalized spacial score (nSPS) is 22.9. The lowest BCUT2D eigenvalue weighted by atomic mass is 9.89. The average molecular weight is 665 g/mol. The number of aliphatic hydroxyl groups excluding tert-OH is 2. The second-order valence-corrected chi connectivity index (χ2v) is 11.6. The second kappa shape index (κ2) is 12.1. The van der Waals surface area contributed by atoms with Crippen molar-refractivity contribution in [2.75, 3.05) is 21.0 Å². The molecular weight excluding hydrogens is 636 g/mol. The van der Waals surface area contributed by atoms with Gasteiger partial charge in [-0.1, -0.05) is 17.7 Å². The Morgan fingerprint density at radius 3 is 2.30 bits per heavy atom. The van der Waals surface area contributed by atoms with Gasteiger partial charge in [0.15, 0.2) is 35.2 Å². The third-order valence-corrected chi connectivity index (χ3v) is 8.67. The molecular formula is C34H29ClO12. The molecule has 4 aromatic rings. The Morgan fingerprint density at radius 1 is 0.872 bits per heavy atom. The maximum absolute atomic E-state index is 13.4. The number of esters is 2. The van der Waals surface area contributed by atoms with Crippen molar-refractivity contribution >= 4 is 34.3 Å². The van der Waals surface area contributed by atoms with Crippen molar-refractivity contribution in [1.29, 1.82) is 0 Å². The summed E-state index contributed by atoms with van der Waals surface area (Å²) in [6, 6.07) is 14.7. The molecule has 0 aliphatic carbocycles. The van der Waals surface area contributed by atoms with Crippen molar-refractivity contribution in [3.05, 3.63) is 76.3 Å². The predicted molar refractivity (Wildman–Crippen MR) is 165 cm³/mol. The molecule has 0 amide bonds. The molecule has 0 spiro atoms. The van der Waals surface area contributed by atoms with E-state index in [0.717, 1.165) is 0 Å². The molecule has 13 heteroatoms. The number of methoxy groups -OCH3 is 2. The molecule has 0 bridgehead atoms. The fourth-order valence-electron chi connectivity index (χ4n) is 6.02. The number of hydrogen-bond donors (Lipinski definition) is 2. The summed E-state index contributed by atoms with van der Waals surface area (Å²) in [5.74, 6) is 0.645. The minimum atomic E-state index is -1.64. The van der Waals surface area contributed by atoms with Crippen molar-refractivity contribution in [1.82, 2.24) is 0 Å². The van der Waals surface area contributed by atoms with E-state index in [1.807, 2.05) is 6.07 Å². The van der Waals surface area contributed by atoms with Crippen LogP contribution in [0.15, 0.2) is 54.6 Å². The largest absolute Gasteiger partial charge is 0.493 e. The summed E-state index contributed by atoms with van der Waals surface area (Å²) in [5.41, 5.74) is 1.99. The van der Waals surface area contributed by atoms with Gasteiger partial charge in [-0.3, -0.25) is 0 Å². The Bertz CT molecular complexity index is 1890. The maximum Gasteiger partial charge on any atom is 0.339 e. The molecule has 0 saturated carbocycles. The smallest absolute Gasteiger partial charge is 0.339 e. The van der Waals surface area contributed by atoms with Crippen LogP contribution in [0.2, 0.25) is 5.02 Å². The van der Waals surface area contributed by atoms with Gasteiger partial charge in [-0.2, -0.15) is 0 Å². The van der Waals surface area contributed by atoms with Crippen LogP contribution < -0.4 is 23.7 Å². The van der Waals surface area contributed by atoms with Crippen LogP contribution in [0.1, 0.15) is 33.2 Å². The van der Waals surface area contributed by atoms with Gasteiger partial charge in [-0.05, 0) is 66.4 Å². The van der Waals surface area contributed by atoms with Gasteiger partial charge >= 0.3 is 11.9 Å². The molecule has 1 fully saturated rings. The summed E-state index contributed by atoms with van der Waals surface area (Å²) in [7, 11) is 2.98. The Kier molecular flexibility index (Phi) is 7.96. The molecule has 12 nitrogen and oxygen atoms in total. The Morgan fingerprint density at radius 2 is 1.57 bits per heavy atom. The number of hydrogen-bond acceptors (Lipinski definition) is 12. The van der Waals surface area contributed by atoms with E-state index in [1.54, 1.807) is 31.2 Å². The van der Waals surface area contributed by atoms with Crippen LogP contribution in [-0.4, -0.2) is 73.9 Å². The number of carbonyl (C=O) groups is 2. The zero-order chi connectivity index (χ0) is 33.0. The Hall–Kier alpha value is -4.75. The third-order valence-electron chi connectivity index (χ3n) is 8.42. The van der Waals surface area contributed by atoms with Crippen LogP contribution in [0.4, 0.5) is 0 Å². The molecule has 4 aromatic carbocycles. The van der Waals surface area contributed by atoms with E-state index in [0.29, 0.717) is 55.5 Å². The molecule has 7 rings (SSSR count). The summed E-state index contributed by atoms with van der Waals surface area (Å²) >= 11 is 5.94. The monoisotopic (exact) mass is 664 g/mol. The molecule has 47 heavy (non-hydrogen) atoms. The Labute approximate surface area is 273 Å². The molecule has 1 saturated heterocycles. The van der Waals surface area contributed by atoms with E-state index in [9.17, 15) is 19.8 Å². The molecule has 0 radical (unpaired) electrons. The maximum atomic E-state index is 13.4. The summed E-state index contributed by atoms with van der Waals surface area (Å²) in [6.45, 7) is 1.49.